The molecule has 0 aliphatic carbocycles. The molecule has 0 amide bonds. The van der Waals surface area contributed by atoms with Gasteiger partial charge in [-0.05, 0) is 25.8 Å². The van der Waals surface area contributed by atoms with Crippen LogP contribution in [0.4, 0.5) is 0 Å². The molecule has 0 atom stereocenters. The van der Waals surface area contributed by atoms with E-state index in [0.29, 0.717) is 6.54 Å². The van der Waals surface area contributed by atoms with Crippen LogP contribution in [0.1, 0.15) is 32.1 Å². The fourth-order valence-electron chi connectivity index (χ4n) is 0.767. The Hall–Kier alpha value is -0.570. The number of carbonyl (C=O) groups excluding carboxylic acids is 1. The maximum atomic E-state index is 9.90. The molecule has 2 N–H and O–H groups in total. The zero-order valence-corrected chi connectivity index (χ0v) is 6.14. The van der Waals surface area contributed by atoms with Gasteiger partial charge in [-0.1, -0.05) is 12.8 Å². The lowest BCUT2D eigenvalue weighted by Crippen LogP contribution is -2.21. The summed E-state index contributed by atoms with van der Waals surface area (Å²) in [6.45, 7) is 0.700. The lowest BCUT2D eigenvalue weighted by molar-refractivity contribution is -0.305. The molecule has 0 rings (SSSR count). The smallest absolute Gasteiger partial charge is 0.0414 e. The molecular weight excluding hydrogens is 130 g/mol. The Morgan fingerprint density at radius 2 is 1.80 bits per heavy atom. The summed E-state index contributed by atoms with van der Waals surface area (Å²) in [5.41, 5.74) is 5.24. The van der Waals surface area contributed by atoms with Crippen LogP contribution < -0.4 is 10.8 Å². The van der Waals surface area contributed by atoms with Gasteiger partial charge in [-0.15, -0.1) is 0 Å². The maximum absolute atomic E-state index is 9.90. The van der Waals surface area contributed by atoms with Crippen LogP contribution in [0.15, 0.2) is 0 Å². The topological polar surface area (TPSA) is 66.2 Å². The van der Waals surface area contributed by atoms with Crippen LogP contribution >= 0.6 is 0 Å². The van der Waals surface area contributed by atoms with Crippen LogP contribution in [0.3, 0.4) is 0 Å². The molecule has 0 radical (unpaired) electrons. The number of hydrogen-bond donors (Lipinski definition) is 1. The van der Waals surface area contributed by atoms with E-state index < -0.39 is 5.97 Å². The van der Waals surface area contributed by atoms with Crippen molar-refractivity contribution in [3.63, 3.8) is 0 Å². The second kappa shape index (κ2) is 6.55. The molecule has 0 aromatic rings. The molecule has 0 aromatic heterocycles. The van der Waals surface area contributed by atoms with Crippen molar-refractivity contribution < 1.29 is 9.90 Å². The van der Waals surface area contributed by atoms with Crippen molar-refractivity contribution in [2.45, 2.75) is 32.1 Å². The minimum Gasteiger partial charge on any atom is -0.550 e. The summed E-state index contributed by atoms with van der Waals surface area (Å²) in [5.74, 6) is -0.951. The Morgan fingerprint density at radius 1 is 1.20 bits per heavy atom. The van der Waals surface area contributed by atoms with Gasteiger partial charge in [0, 0.05) is 5.97 Å². The van der Waals surface area contributed by atoms with Gasteiger partial charge in [-0.3, -0.25) is 0 Å². The van der Waals surface area contributed by atoms with Crippen molar-refractivity contribution >= 4 is 5.97 Å². The summed E-state index contributed by atoms with van der Waals surface area (Å²) in [6, 6.07) is 0. The number of aliphatic carboxylic acids is 1. The Labute approximate surface area is 61.2 Å². The summed E-state index contributed by atoms with van der Waals surface area (Å²) < 4.78 is 0. The molecule has 0 aromatic carbocycles. The van der Waals surface area contributed by atoms with E-state index >= 15 is 0 Å². The van der Waals surface area contributed by atoms with Gasteiger partial charge >= 0.3 is 0 Å². The summed E-state index contributed by atoms with van der Waals surface area (Å²) in [6.07, 6.45) is 3.88. The van der Waals surface area contributed by atoms with E-state index in [1.54, 1.807) is 0 Å². The van der Waals surface area contributed by atoms with Crippen LogP contribution in [-0.4, -0.2) is 12.5 Å². The second-order valence-electron chi connectivity index (χ2n) is 2.32. The summed E-state index contributed by atoms with van der Waals surface area (Å²) >= 11 is 0. The van der Waals surface area contributed by atoms with E-state index in [-0.39, 0.29) is 6.42 Å². The van der Waals surface area contributed by atoms with Gasteiger partial charge in [-0.25, -0.2) is 0 Å². The van der Waals surface area contributed by atoms with Gasteiger partial charge in [-0.2, -0.15) is 0 Å². The molecule has 0 fully saturated rings. The largest absolute Gasteiger partial charge is 0.550 e. The highest BCUT2D eigenvalue weighted by molar-refractivity contribution is 5.63. The minimum absolute atomic E-state index is 0.185. The van der Waals surface area contributed by atoms with Crippen molar-refractivity contribution in [2.24, 2.45) is 5.73 Å². The molecule has 3 nitrogen and oxygen atoms in total. The summed E-state index contributed by atoms with van der Waals surface area (Å²) in [4.78, 5) is 9.90. The van der Waals surface area contributed by atoms with E-state index in [1.807, 2.05) is 0 Å². The lowest BCUT2D eigenvalue weighted by Gasteiger charge is -2.00. The zero-order valence-electron chi connectivity index (χ0n) is 6.14. The molecule has 0 saturated heterocycles. The Morgan fingerprint density at radius 3 is 2.30 bits per heavy atom. The lowest BCUT2D eigenvalue weighted by atomic mass is 10.1. The predicted molar refractivity (Wildman–Crippen MR) is 37.1 cm³/mol. The standard InChI is InChI=1S/C7H15NO2/c8-6-4-2-1-3-5-7(9)10/h1-6,8H2,(H,9,10)/p-1. The zero-order chi connectivity index (χ0) is 7.82. The molecule has 3 heteroatoms. The SMILES string of the molecule is NCCCCCCC(=O)[O-]. The number of hydrogen-bond acceptors (Lipinski definition) is 3. The average molecular weight is 144 g/mol. The van der Waals surface area contributed by atoms with Crippen LogP contribution in [0, 0.1) is 0 Å². The predicted octanol–water partition coefficient (Wildman–Crippen LogP) is -0.354. The number of carboxylic acids is 1. The molecule has 0 spiro atoms. The van der Waals surface area contributed by atoms with Crippen LogP contribution in [-0.2, 0) is 4.79 Å². The summed E-state index contributed by atoms with van der Waals surface area (Å²) in [5, 5.41) is 9.90. The molecule has 0 saturated carbocycles. The van der Waals surface area contributed by atoms with Gasteiger partial charge in [0.2, 0.25) is 0 Å². The molecule has 10 heavy (non-hydrogen) atoms. The molecule has 0 bridgehead atoms. The molecule has 60 valence electrons. The van der Waals surface area contributed by atoms with Crippen molar-refractivity contribution in [1.82, 2.24) is 0 Å². The third-order valence-electron chi connectivity index (χ3n) is 1.34. The fourth-order valence-corrected chi connectivity index (χ4v) is 0.767. The molecule has 0 unspecified atom stereocenters. The highest BCUT2D eigenvalue weighted by atomic mass is 16.4. The fraction of sp³-hybridized carbons (Fsp3) is 0.857. The van der Waals surface area contributed by atoms with Gasteiger partial charge in [0.05, 0.1) is 0 Å². The van der Waals surface area contributed by atoms with Crippen LogP contribution in [0.5, 0.6) is 0 Å². The van der Waals surface area contributed by atoms with Crippen LogP contribution in [0.2, 0.25) is 0 Å². The van der Waals surface area contributed by atoms with E-state index in [4.69, 9.17) is 5.73 Å². The second-order valence-corrected chi connectivity index (χ2v) is 2.32. The molecule has 0 heterocycles. The van der Waals surface area contributed by atoms with Gasteiger partial charge in [0.1, 0.15) is 0 Å². The van der Waals surface area contributed by atoms with Gasteiger partial charge in [0.15, 0.2) is 0 Å². The first-order valence-corrected chi connectivity index (χ1v) is 3.67. The van der Waals surface area contributed by atoms with Crippen LogP contribution in [0.25, 0.3) is 0 Å². The Balaban J connectivity index is 2.84. The molecule has 0 aliphatic heterocycles. The highest BCUT2D eigenvalue weighted by Crippen LogP contribution is 2.00. The van der Waals surface area contributed by atoms with E-state index in [2.05, 4.69) is 0 Å². The van der Waals surface area contributed by atoms with Gasteiger partial charge in [0.25, 0.3) is 0 Å². The monoisotopic (exact) mass is 144 g/mol. The third kappa shape index (κ3) is 7.43. The first-order valence-electron chi connectivity index (χ1n) is 3.67. The third-order valence-corrected chi connectivity index (χ3v) is 1.34. The number of nitrogens with two attached hydrogens (primary N) is 1. The highest BCUT2D eigenvalue weighted by Gasteiger charge is 1.88. The minimum atomic E-state index is -0.951. The average Bonchev–Trinajstić information content (AvgIpc) is 1.87. The van der Waals surface area contributed by atoms with Gasteiger partial charge < -0.3 is 15.6 Å². The van der Waals surface area contributed by atoms with Crippen molar-refractivity contribution in [2.75, 3.05) is 6.54 Å². The number of carboxylic acid groups (broad SMARTS) is 1. The Bertz CT molecular complexity index is 93.6. The van der Waals surface area contributed by atoms with E-state index in [1.165, 1.54) is 0 Å². The molecule has 0 aliphatic rings. The number of carbonyl (C=O) groups is 1. The van der Waals surface area contributed by atoms with E-state index in [9.17, 15) is 9.90 Å². The molecular formula is C7H14NO2-. The van der Waals surface area contributed by atoms with Crippen molar-refractivity contribution in [3.8, 4) is 0 Å². The summed E-state index contributed by atoms with van der Waals surface area (Å²) in [7, 11) is 0. The number of unbranched alkanes of at least 4 members (excludes halogenated alkanes) is 3. The normalized spacial score (nSPS) is 9.70. The first-order chi connectivity index (χ1) is 4.77. The van der Waals surface area contributed by atoms with Crippen molar-refractivity contribution in [3.05, 3.63) is 0 Å². The Kier molecular flexibility index (Phi) is 6.18. The quantitative estimate of drug-likeness (QED) is 0.518. The van der Waals surface area contributed by atoms with Crippen molar-refractivity contribution in [1.29, 1.82) is 0 Å². The maximum Gasteiger partial charge on any atom is 0.0414 e. The van der Waals surface area contributed by atoms with E-state index in [0.717, 1.165) is 25.7 Å². The number of rotatable bonds is 6. The first kappa shape index (κ1) is 9.43.